The number of benzene rings is 1. The number of nitrogens with zero attached hydrogens (tertiary/aromatic N) is 2. The van der Waals surface area contributed by atoms with E-state index in [1.165, 1.54) is 16.2 Å². The number of ether oxygens (including phenoxy) is 1. The molecule has 3 rings (SSSR count). The Morgan fingerprint density at radius 1 is 1.20 bits per heavy atom. The van der Waals surface area contributed by atoms with Crippen LogP contribution in [0.25, 0.3) is 0 Å². The molecule has 0 aliphatic carbocycles. The summed E-state index contributed by atoms with van der Waals surface area (Å²) in [5, 5.41) is 0. The highest BCUT2D eigenvalue weighted by Gasteiger charge is 2.24. The molecule has 0 radical (unpaired) electrons. The molecule has 5 heteroatoms. The number of piperidine rings is 1. The van der Waals surface area contributed by atoms with Gasteiger partial charge >= 0.3 is 0 Å². The van der Waals surface area contributed by atoms with E-state index in [1.54, 1.807) is 18.3 Å². The molecule has 132 valence electrons. The van der Waals surface area contributed by atoms with Gasteiger partial charge in [-0.05, 0) is 38.0 Å². The summed E-state index contributed by atoms with van der Waals surface area (Å²) < 4.78 is 7.33. The first-order valence-corrected chi connectivity index (χ1v) is 8.74. The number of carbonyl (C=O) groups excluding carboxylic acids is 1. The van der Waals surface area contributed by atoms with Crippen molar-refractivity contribution >= 4 is 5.91 Å². The smallest absolute Gasteiger partial charge is 0.250 e. The van der Waals surface area contributed by atoms with E-state index in [-0.39, 0.29) is 18.0 Å². The van der Waals surface area contributed by atoms with Gasteiger partial charge in [-0.15, -0.1) is 0 Å². The number of hydrogen-bond acceptors (Lipinski definition) is 3. The molecule has 1 fully saturated rings. The van der Waals surface area contributed by atoms with Gasteiger partial charge in [0.2, 0.25) is 5.91 Å². The Morgan fingerprint density at radius 2 is 2.00 bits per heavy atom. The molecule has 1 aliphatic heterocycles. The molecule has 1 saturated heterocycles. The summed E-state index contributed by atoms with van der Waals surface area (Å²) in [4.78, 5) is 26.1. The highest BCUT2D eigenvalue weighted by molar-refractivity contribution is 5.76. The molecular weight excluding hydrogens is 316 g/mol. The molecule has 1 aliphatic rings. The fraction of sp³-hybridized carbons (Fsp3) is 0.400. The second-order valence-electron chi connectivity index (χ2n) is 6.64. The van der Waals surface area contributed by atoms with Crippen LogP contribution >= 0.6 is 0 Å². The summed E-state index contributed by atoms with van der Waals surface area (Å²) >= 11 is 0. The number of likely N-dealkylation sites (tertiary alicyclic amines) is 1. The molecule has 0 N–H and O–H groups in total. The van der Waals surface area contributed by atoms with Crippen molar-refractivity contribution in [3.63, 3.8) is 0 Å². The maximum Gasteiger partial charge on any atom is 0.250 e. The van der Waals surface area contributed by atoms with Crippen LogP contribution in [0.1, 0.15) is 18.4 Å². The van der Waals surface area contributed by atoms with E-state index in [0.717, 1.165) is 25.1 Å². The molecule has 0 spiro atoms. The Labute approximate surface area is 147 Å². The molecule has 1 amide bonds. The van der Waals surface area contributed by atoms with Gasteiger partial charge in [0.15, 0.2) is 0 Å². The minimum Gasteiger partial charge on any atom is -0.493 e. The fourth-order valence-corrected chi connectivity index (χ4v) is 3.11. The Bertz CT molecular complexity index is 767. The number of pyridine rings is 1. The molecule has 0 saturated carbocycles. The lowest BCUT2D eigenvalue weighted by atomic mass is 9.99. The van der Waals surface area contributed by atoms with Crippen molar-refractivity contribution in [1.29, 1.82) is 0 Å². The normalized spacial score (nSPS) is 17.3. The highest BCUT2D eigenvalue weighted by atomic mass is 16.5. The maximum absolute atomic E-state index is 12.5. The van der Waals surface area contributed by atoms with Gasteiger partial charge in [0, 0.05) is 31.3 Å². The lowest BCUT2D eigenvalue weighted by Crippen LogP contribution is -2.43. The first-order chi connectivity index (χ1) is 12.1. The van der Waals surface area contributed by atoms with Crippen LogP contribution < -0.4 is 10.3 Å². The SMILES string of the molecule is Cc1ccc(OCC2CCCN(C(=O)Cn3ccccc3=O)C2)cc1. The van der Waals surface area contributed by atoms with Crippen LogP contribution in [0, 0.1) is 12.8 Å². The third-order valence-corrected chi connectivity index (χ3v) is 4.58. The molecule has 1 atom stereocenters. The summed E-state index contributed by atoms with van der Waals surface area (Å²) in [7, 11) is 0. The molecular formula is C20H24N2O3. The monoisotopic (exact) mass is 340 g/mol. The molecule has 1 unspecified atom stereocenters. The van der Waals surface area contributed by atoms with Crippen LogP contribution in [-0.2, 0) is 11.3 Å². The maximum atomic E-state index is 12.5. The van der Waals surface area contributed by atoms with E-state index in [0.29, 0.717) is 19.1 Å². The quantitative estimate of drug-likeness (QED) is 0.840. The zero-order valence-corrected chi connectivity index (χ0v) is 14.6. The standard InChI is InChI=1S/C20H24N2O3/c1-16-7-9-18(10-8-16)25-15-17-5-4-12-21(13-17)20(24)14-22-11-3-2-6-19(22)23/h2-3,6-11,17H,4-5,12-15H2,1H3. The molecule has 1 aromatic heterocycles. The van der Waals surface area contributed by atoms with Crippen LogP contribution in [0.2, 0.25) is 0 Å². The van der Waals surface area contributed by atoms with E-state index in [2.05, 4.69) is 0 Å². The van der Waals surface area contributed by atoms with Crippen LogP contribution in [0.15, 0.2) is 53.5 Å². The Kier molecular flexibility index (Phi) is 5.53. The lowest BCUT2D eigenvalue weighted by molar-refractivity contribution is -0.133. The predicted molar refractivity (Wildman–Crippen MR) is 96.7 cm³/mol. The minimum absolute atomic E-state index is 0.00617. The van der Waals surface area contributed by atoms with Crippen molar-refractivity contribution in [2.45, 2.75) is 26.3 Å². The number of amides is 1. The van der Waals surface area contributed by atoms with Gasteiger partial charge < -0.3 is 14.2 Å². The Morgan fingerprint density at radius 3 is 2.76 bits per heavy atom. The van der Waals surface area contributed by atoms with E-state index in [9.17, 15) is 9.59 Å². The zero-order valence-electron chi connectivity index (χ0n) is 14.6. The van der Waals surface area contributed by atoms with Crippen molar-refractivity contribution in [2.24, 2.45) is 5.92 Å². The lowest BCUT2D eigenvalue weighted by Gasteiger charge is -2.32. The first-order valence-electron chi connectivity index (χ1n) is 8.74. The summed E-state index contributed by atoms with van der Waals surface area (Å²) in [6, 6.07) is 12.9. The van der Waals surface area contributed by atoms with Crippen molar-refractivity contribution in [3.8, 4) is 5.75 Å². The molecule has 25 heavy (non-hydrogen) atoms. The van der Waals surface area contributed by atoms with Crippen LogP contribution in [-0.4, -0.2) is 35.1 Å². The van der Waals surface area contributed by atoms with Gasteiger partial charge in [-0.1, -0.05) is 23.8 Å². The van der Waals surface area contributed by atoms with Crippen LogP contribution in [0.4, 0.5) is 0 Å². The average molecular weight is 340 g/mol. The number of aromatic nitrogens is 1. The zero-order chi connectivity index (χ0) is 17.6. The second-order valence-corrected chi connectivity index (χ2v) is 6.64. The molecule has 2 aromatic rings. The number of hydrogen-bond donors (Lipinski definition) is 0. The first kappa shape index (κ1) is 17.3. The summed E-state index contributed by atoms with van der Waals surface area (Å²) in [6.07, 6.45) is 3.68. The number of aryl methyl sites for hydroxylation is 1. The van der Waals surface area contributed by atoms with Crippen LogP contribution in [0.5, 0.6) is 5.75 Å². The van der Waals surface area contributed by atoms with E-state index >= 15 is 0 Å². The van der Waals surface area contributed by atoms with Crippen molar-refractivity contribution < 1.29 is 9.53 Å². The van der Waals surface area contributed by atoms with Gasteiger partial charge in [-0.2, -0.15) is 0 Å². The summed E-state index contributed by atoms with van der Waals surface area (Å²) in [6.45, 7) is 4.20. The average Bonchev–Trinajstić information content (AvgIpc) is 2.63. The van der Waals surface area contributed by atoms with Crippen molar-refractivity contribution in [2.75, 3.05) is 19.7 Å². The topological polar surface area (TPSA) is 51.5 Å². The fourth-order valence-electron chi connectivity index (χ4n) is 3.11. The van der Waals surface area contributed by atoms with Crippen LogP contribution in [0.3, 0.4) is 0 Å². The van der Waals surface area contributed by atoms with Gasteiger partial charge in [-0.3, -0.25) is 9.59 Å². The van der Waals surface area contributed by atoms with E-state index in [1.807, 2.05) is 36.1 Å². The third kappa shape index (κ3) is 4.72. The van der Waals surface area contributed by atoms with Crippen molar-refractivity contribution in [3.05, 3.63) is 64.6 Å². The molecule has 2 heterocycles. The number of rotatable bonds is 5. The second kappa shape index (κ2) is 8.01. The highest BCUT2D eigenvalue weighted by Crippen LogP contribution is 2.19. The number of carbonyl (C=O) groups is 1. The van der Waals surface area contributed by atoms with Gasteiger partial charge in [0.1, 0.15) is 12.3 Å². The predicted octanol–water partition coefficient (Wildman–Crippen LogP) is 2.47. The summed E-state index contributed by atoms with van der Waals surface area (Å²) in [5.41, 5.74) is 1.06. The van der Waals surface area contributed by atoms with Crippen molar-refractivity contribution in [1.82, 2.24) is 9.47 Å². The molecule has 0 bridgehead atoms. The Hall–Kier alpha value is -2.56. The molecule has 1 aromatic carbocycles. The minimum atomic E-state index is -0.146. The summed E-state index contributed by atoms with van der Waals surface area (Å²) in [5.74, 6) is 1.18. The van der Waals surface area contributed by atoms with Gasteiger partial charge in [-0.25, -0.2) is 0 Å². The Balaban J connectivity index is 1.53. The molecule has 5 nitrogen and oxygen atoms in total. The van der Waals surface area contributed by atoms with Gasteiger partial charge in [0.05, 0.1) is 6.61 Å². The largest absolute Gasteiger partial charge is 0.493 e. The third-order valence-electron chi connectivity index (χ3n) is 4.58. The van der Waals surface area contributed by atoms with E-state index in [4.69, 9.17) is 4.74 Å². The van der Waals surface area contributed by atoms with Gasteiger partial charge in [0.25, 0.3) is 5.56 Å². The van der Waals surface area contributed by atoms with E-state index < -0.39 is 0 Å².